The van der Waals surface area contributed by atoms with Crippen LogP contribution in [0.15, 0.2) is 42.7 Å². The number of aromatic amines is 1. The first-order valence-corrected chi connectivity index (χ1v) is 7.45. The van der Waals surface area contributed by atoms with Crippen molar-refractivity contribution in [2.45, 2.75) is 32.2 Å². The molecule has 0 atom stereocenters. The van der Waals surface area contributed by atoms with Gasteiger partial charge in [0.2, 0.25) is 5.91 Å². The van der Waals surface area contributed by atoms with Crippen molar-refractivity contribution in [1.82, 2.24) is 14.9 Å². The molecule has 0 bridgehead atoms. The van der Waals surface area contributed by atoms with Crippen molar-refractivity contribution in [3.8, 4) is 0 Å². The van der Waals surface area contributed by atoms with Crippen LogP contribution >= 0.6 is 0 Å². The van der Waals surface area contributed by atoms with Gasteiger partial charge in [0.1, 0.15) is 5.82 Å². The van der Waals surface area contributed by atoms with Crippen LogP contribution in [0.25, 0.3) is 0 Å². The minimum atomic E-state index is -0.255. The average molecular weight is 301 g/mol. The molecule has 1 aromatic heterocycles. The van der Waals surface area contributed by atoms with Gasteiger partial charge in [-0.1, -0.05) is 44.2 Å². The zero-order chi connectivity index (χ0) is 16.0. The van der Waals surface area contributed by atoms with E-state index in [9.17, 15) is 9.90 Å². The van der Waals surface area contributed by atoms with Crippen molar-refractivity contribution >= 4 is 5.91 Å². The number of aliphatic hydroxyl groups is 1. The molecule has 2 rings (SSSR count). The molecule has 0 saturated carbocycles. The van der Waals surface area contributed by atoms with E-state index >= 15 is 0 Å². The van der Waals surface area contributed by atoms with Crippen molar-refractivity contribution < 1.29 is 9.90 Å². The van der Waals surface area contributed by atoms with Gasteiger partial charge in [-0.05, 0) is 11.0 Å². The molecule has 0 aliphatic heterocycles. The number of aromatic nitrogens is 2. The highest BCUT2D eigenvalue weighted by molar-refractivity contribution is 5.77. The molecule has 22 heavy (non-hydrogen) atoms. The molecule has 1 amide bonds. The standard InChI is InChI=1S/C17H23N3O2/c1-17(2,14-6-4-3-5-7-14)12-16(22)20(10-11-21)13-15-18-8-9-19-15/h3-9,21H,10-13H2,1-2H3,(H,18,19). The number of nitrogens with zero attached hydrogens (tertiary/aromatic N) is 2. The van der Waals surface area contributed by atoms with Crippen LogP contribution in [-0.4, -0.2) is 39.0 Å². The number of nitrogens with one attached hydrogen (secondary N) is 1. The van der Waals surface area contributed by atoms with E-state index in [1.165, 1.54) is 0 Å². The Bertz CT molecular complexity index is 579. The third-order valence-corrected chi connectivity index (χ3v) is 3.77. The van der Waals surface area contributed by atoms with Crippen LogP contribution in [0.1, 0.15) is 31.7 Å². The maximum atomic E-state index is 12.6. The summed E-state index contributed by atoms with van der Waals surface area (Å²) in [6.07, 6.45) is 3.77. The molecule has 2 N–H and O–H groups in total. The van der Waals surface area contributed by atoms with Crippen molar-refractivity contribution in [3.63, 3.8) is 0 Å². The Hall–Kier alpha value is -2.14. The Labute approximate surface area is 131 Å². The van der Waals surface area contributed by atoms with Gasteiger partial charge in [0.25, 0.3) is 0 Å². The van der Waals surface area contributed by atoms with E-state index in [1.807, 2.05) is 30.3 Å². The molecular weight excluding hydrogens is 278 g/mol. The van der Waals surface area contributed by atoms with Crippen LogP contribution in [0.3, 0.4) is 0 Å². The number of rotatable bonds is 7. The van der Waals surface area contributed by atoms with Gasteiger partial charge in [-0.3, -0.25) is 4.79 Å². The van der Waals surface area contributed by atoms with E-state index < -0.39 is 0 Å². The normalized spacial score (nSPS) is 11.4. The molecule has 5 nitrogen and oxygen atoms in total. The van der Waals surface area contributed by atoms with E-state index in [2.05, 4.69) is 23.8 Å². The van der Waals surface area contributed by atoms with Crippen molar-refractivity contribution in [3.05, 3.63) is 54.1 Å². The third-order valence-electron chi connectivity index (χ3n) is 3.77. The number of hydrogen-bond donors (Lipinski definition) is 2. The summed E-state index contributed by atoms with van der Waals surface area (Å²) in [7, 11) is 0. The van der Waals surface area contributed by atoms with Crippen molar-refractivity contribution in [2.75, 3.05) is 13.2 Å². The maximum absolute atomic E-state index is 12.6. The first-order chi connectivity index (χ1) is 10.5. The molecule has 0 aliphatic carbocycles. The molecule has 5 heteroatoms. The maximum Gasteiger partial charge on any atom is 0.223 e. The lowest BCUT2D eigenvalue weighted by Crippen LogP contribution is -2.37. The Balaban J connectivity index is 2.07. The summed E-state index contributed by atoms with van der Waals surface area (Å²) in [5, 5.41) is 9.21. The van der Waals surface area contributed by atoms with Crippen LogP contribution in [-0.2, 0) is 16.8 Å². The zero-order valence-electron chi connectivity index (χ0n) is 13.1. The summed E-state index contributed by atoms with van der Waals surface area (Å²) >= 11 is 0. The number of imidazole rings is 1. The lowest BCUT2D eigenvalue weighted by atomic mass is 9.81. The van der Waals surface area contributed by atoms with Crippen molar-refractivity contribution in [1.29, 1.82) is 0 Å². The second kappa shape index (κ2) is 7.22. The summed E-state index contributed by atoms with van der Waals surface area (Å²) < 4.78 is 0. The minimum Gasteiger partial charge on any atom is -0.395 e. The van der Waals surface area contributed by atoms with E-state index in [0.29, 0.717) is 19.5 Å². The molecule has 0 fully saturated rings. The van der Waals surface area contributed by atoms with E-state index in [1.54, 1.807) is 17.3 Å². The molecule has 2 aromatic rings. The highest BCUT2D eigenvalue weighted by Gasteiger charge is 2.27. The van der Waals surface area contributed by atoms with E-state index in [4.69, 9.17) is 0 Å². The van der Waals surface area contributed by atoms with E-state index in [-0.39, 0.29) is 17.9 Å². The number of carbonyl (C=O) groups excluding carboxylic acids is 1. The summed E-state index contributed by atoms with van der Waals surface area (Å²) in [6, 6.07) is 10.0. The predicted octanol–water partition coefficient (Wildman–Crippen LogP) is 2.10. The van der Waals surface area contributed by atoms with Gasteiger partial charge >= 0.3 is 0 Å². The summed E-state index contributed by atoms with van der Waals surface area (Å²) in [6.45, 7) is 4.76. The van der Waals surface area contributed by atoms with Crippen LogP contribution in [0, 0.1) is 0 Å². The summed E-state index contributed by atoms with van der Waals surface area (Å²) in [5.41, 5.74) is 0.875. The minimum absolute atomic E-state index is 0.0132. The molecule has 1 aromatic carbocycles. The summed E-state index contributed by atoms with van der Waals surface area (Å²) in [4.78, 5) is 21.4. The molecule has 0 saturated heterocycles. The Morgan fingerprint density at radius 2 is 2.05 bits per heavy atom. The summed E-state index contributed by atoms with van der Waals surface area (Å²) in [5.74, 6) is 0.735. The van der Waals surface area contributed by atoms with Gasteiger partial charge < -0.3 is 15.0 Å². The predicted molar refractivity (Wildman–Crippen MR) is 85.2 cm³/mol. The highest BCUT2D eigenvalue weighted by Crippen LogP contribution is 2.27. The average Bonchev–Trinajstić information content (AvgIpc) is 3.00. The zero-order valence-corrected chi connectivity index (χ0v) is 13.1. The topological polar surface area (TPSA) is 69.2 Å². The van der Waals surface area contributed by atoms with Crippen LogP contribution in [0.4, 0.5) is 0 Å². The van der Waals surface area contributed by atoms with Gasteiger partial charge in [-0.25, -0.2) is 4.98 Å². The molecule has 0 spiro atoms. The van der Waals surface area contributed by atoms with Gasteiger partial charge in [-0.15, -0.1) is 0 Å². The fourth-order valence-corrected chi connectivity index (χ4v) is 2.46. The second-order valence-electron chi connectivity index (χ2n) is 6.00. The molecular formula is C17H23N3O2. The molecule has 118 valence electrons. The molecule has 0 aliphatic rings. The first kappa shape index (κ1) is 16.2. The lowest BCUT2D eigenvalue weighted by Gasteiger charge is -2.29. The lowest BCUT2D eigenvalue weighted by molar-refractivity contribution is -0.133. The number of benzene rings is 1. The first-order valence-electron chi connectivity index (χ1n) is 7.45. The van der Waals surface area contributed by atoms with Gasteiger partial charge in [0, 0.05) is 25.4 Å². The fraction of sp³-hybridized carbons (Fsp3) is 0.412. The highest BCUT2D eigenvalue weighted by atomic mass is 16.3. The SMILES string of the molecule is CC(C)(CC(=O)N(CCO)Cc1ncc[nH]1)c1ccccc1. The largest absolute Gasteiger partial charge is 0.395 e. The monoisotopic (exact) mass is 301 g/mol. The fourth-order valence-electron chi connectivity index (χ4n) is 2.46. The van der Waals surface area contributed by atoms with Gasteiger partial charge in [0.05, 0.1) is 13.2 Å². The Morgan fingerprint density at radius 1 is 1.32 bits per heavy atom. The van der Waals surface area contributed by atoms with Crippen LogP contribution < -0.4 is 0 Å². The molecule has 1 heterocycles. The second-order valence-corrected chi connectivity index (χ2v) is 6.00. The molecule has 0 unspecified atom stereocenters. The van der Waals surface area contributed by atoms with Crippen molar-refractivity contribution in [2.24, 2.45) is 0 Å². The molecule has 0 radical (unpaired) electrons. The number of hydrogen-bond acceptors (Lipinski definition) is 3. The number of carbonyl (C=O) groups is 1. The van der Waals surface area contributed by atoms with E-state index in [0.717, 1.165) is 11.4 Å². The quantitative estimate of drug-likeness (QED) is 0.823. The smallest absolute Gasteiger partial charge is 0.223 e. The third kappa shape index (κ3) is 4.18. The Kier molecular flexibility index (Phi) is 5.33. The Morgan fingerprint density at radius 3 is 2.64 bits per heavy atom. The van der Waals surface area contributed by atoms with Gasteiger partial charge in [0.15, 0.2) is 0 Å². The van der Waals surface area contributed by atoms with Gasteiger partial charge in [-0.2, -0.15) is 0 Å². The number of amides is 1. The number of aliphatic hydroxyl groups excluding tert-OH is 1. The number of H-pyrrole nitrogens is 1. The van der Waals surface area contributed by atoms with Crippen LogP contribution in [0.5, 0.6) is 0 Å². The van der Waals surface area contributed by atoms with Crippen LogP contribution in [0.2, 0.25) is 0 Å².